The van der Waals surface area contributed by atoms with E-state index in [4.69, 9.17) is 9.84 Å². The lowest BCUT2D eigenvalue weighted by atomic mass is 10.2. The second-order valence-corrected chi connectivity index (χ2v) is 3.77. The number of hydrogen-bond acceptors (Lipinski definition) is 4. The van der Waals surface area contributed by atoms with Gasteiger partial charge in [0.1, 0.15) is 6.10 Å². The maximum absolute atomic E-state index is 10.8. The fourth-order valence-electron chi connectivity index (χ4n) is 1.60. The molecule has 0 aliphatic heterocycles. The van der Waals surface area contributed by atoms with E-state index in [1.54, 1.807) is 6.92 Å². The number of aryl methyl sites for hydroxylation is 1. The Labute approximate surface area is 101 Å². The van der Waals surface area contributed by atoms with Crippen molar-refractivity contribution in [3.05, 3.63) is 23.3 Å². The predicted octanol–water partition coefficient (Wildman–Crippen LogP) is 2.36. The van der Waals surface area contributed by atoms with Crippen molar-refractivity contribution in [1.29, 1.82) is 0 Å². The Hall–Kier alpha value is -1.49. The second-order valence-electron chi connectivity index (χ2n) is 3.77. The minimum atomic E-state index is -1.00. The van der Waals surface area contributed by atoms with E-state index in [9.17, 15) is 4.79 Å². The van der Waals surface area contributed by atoms with E-state index in [0.29, 0.717) is 18.1 Å². The normalized spacial score (nSPS) is 12.4. The number of carboxylic acids is 1. The quantitative estimate of drug-likeness (QED) is 0.823. The molecule has 0 aromatic carbocycles. The van der Waals surface area contributed by atoms with Crippen LogP contribution in [0.4, 0.5) is 0 Å². The van der Waals surface area contributed by atoms with Crippen molar-refractivity contribution in [2.75, 3.05) is 6.61 Å². The maximum atomic E-state index is 10.8. The molecule has 0 saturated heterocycles. The van der Waals surface area contributed by atoms with Crippen LogP contribution in [0.1, 0.15) is 54.7 Å². The first-order chi connectivity index (χ1) is 8.10. The van der Waals surface area contributed by atoms with Crippen LogP contribution in [-0.4, -0.2) is 27.7 Å². The standard InChI is InChI=1S/C12H18N2O3/c1-4-6-10(17-5-2)11-13-7-9(12(15)16)8(3)14-11/h7,10H,4-6H2,1-3H3,(H,15,16). The Morgan fingerprint density at radius 3 is 2.71 bits per heavy atom. The van der Waals surface area contributed by atoms with Gasteiger partial charge < -0.3 is 9.84 Å². The third-order valence-electron chi connectivity index (χ3n) is 2.44. The van der Waals surface area contributed by atoms with E-state index < -0.39 is 5.97 Å². The summed E-state index contributed by atoms with van der Waals surface area (Å²) in [7, 11) is 0. The number of hydrogen-bond donors (Lipinski definition) is 1. The molecule has 1 heterocycles. The molecule has 0 aliphatic rings. The molecule has 94 valence electrons. The summed E-state index contributed by atoms with van der Waals surface area (Å²) in [5.41, 5.74) is 0.615. The lowest BCUT2D eigenvalue weighted by Crippen LogP contribution is -2.12. The fraction of sp³-hybridized carbons (Fsp3) is 0.583. The molecule has 0 saturated carbocycles. The van der Waals surface area contributed by atoms with Crippen LogP contribution in [0.5, 0.6) is 0 Å². The minimum Gasteiger partial charge on any atom is -0.478 e. The van der Waals surface area contributed by atoms with Crippen LogP contribution in [0, 0.1) is 6.92 Å². The first kappa shape index (κ1) is 13.6. The van der Waals surface area contributed by atoms with Crippen molar-refractivity contribution in [2.24, 2.45) is 0 Å². The summed E-state index contributed by atoms with van der Waals surface area (Å²) in [6.07, 6.45) is 3.00. The number of carbonyl (C=O) groups is 1. The molecule has 17 heavy (non-hydrogen) atoms. The number of aromatic nitrogens is 2. The highest BCUT2D eigenvalue weighted by Gasteiger charge is 2.16. The van der Waals surface area contributed by atoms with Crippen molar-refractivity contribution in [2.45, 2.75) is 39.7 Å². The molecular weight excluding hydrogens is 220 g/mol. The van der Waals surface area contributed by atoms with E-state index in [1.807, 2.05) is 6.92 Å². The van der Waals surface area contributed by atoms with Crippen LogP contribution in [-0.2, 0) is 4.74 Å². The van der Waals surface area contributed by atoms with Crippen molar-refractivity contribution < 1.29 is 14.6 Å². The van der Waals surface area contributed by atoms with Gasteiger partial charge in [-0.3, -0.25) is 0 Å². The third kappa shape index (κ3) is 3.49. The first-order valence-electron chi connectivity index (χ1n) is 5.78. The average molecular weight is 238 g/mol. The van der Waals surface area contributed by atoms with Gasteiger partial charge in [-0.1, -0.05) is 13.3 Å². The molecule has 0 amide bonds. The lowest BCUT2D eigenvalue weighted by molar-refractivity contribution is 0.0490. The van der Waals surface area contributed by atoms with E-state index in [1.165, 1.54) is 6.20 Å². The molecule has 1 N–H and O–H groups in total. The van der Waals surface area contributed by atoms with Gasteiger partial charge in [0.2, 0.25) is 0 Å². The van der Waals surface area contributed by atoms with Gasteiger partial charge in [-0.05, 0) is 20.3 Å². The zero-order chi connectivity index (χ0) is 12.8. The fourth-order valence-corrected chi connectivity index (χ4v) is 1.60. The summed E-state index contributed by atoms with van der Waals surface area (Å²) in [4.78, 5) is 19.1. The van der Waals surface area contributed by atoms with Gasteiger partial charge in [-0.2, -0.15) is 0 Å². The summed E-state index contributed by atoms with van der Waals surface area (Å²) < 4.78 is 5.55. The van der Waals surface area contributed by atoms with Crippen molar-refractivity contribution >= 4 is 5.97 Å². The van der Waals surface area contributed by atoms with Crippen LogP contribution in [0.3, 0.4) is 0 Å². The van der Waals surface area contributed by atoms with Crippen molar-refractivity contribution in [1.82, 2.24) is 9.97 Å². The molecule has 0 spiro atoms. The Morgan fingerprint density at radius 2 is 2.24 bits per heavy atom. The Morgan fingerprint density at radius 1 is 1.53 bits per heavy atom. The van der Waals surface area contributed by atoms with E-state index in [0.717, 1.165) is 12.8 Å². The monoisotopic (exact) mass is 238 g/mol. The van der Waals surface area contributed by atoms with Crippen LogP contribution >= 0.6 is 0 Å². The predicted molar refractivity (Wildman–Crippen MR) is 63.0 cm³/mol. The zero-order valence-electron chi connectivity index (χ0n) is 10.4. The van der Waals surface area contributed by atoms with Crippen LogP contribution in [0.15, 0.2) is 6.20 Å². The van der Waals surface area contributed by atoms with Crippen LogP contribution < -0.4 is 0 Å². The highest BCUT2D eigenvalue weighted by atomic mass is 16.5. The van der Waals surface area contributed by atoms with Gasteiger partial charge >= 0.3 is 5.97 Å². The lowest BCUT2D eigenvalue weighted by Gasteiger charge is -2.15. The van der Waals surface area contributed by atoms with E-state index >= 15 is 0 Å². The molecule has 0 bridgehead atoms. The van der Waals surface area contributed by atoms with Gasteiger partial charge in [0, 0.05) is 12.8 Å². The topological polar surface area (TPSA) is 72.3 Å². The summed E-state index contributed by atoms with van der Waals surface area (Å²) in [5.74, 6) is -0.436. The SMILES string of the molecule is CCCC(OCC)c1ncc(C(=O)O)c(C)n1. The average Bonchev–Trinajstić information content (AvgIpc) is 2.28. The smallest absolute Gasteiger partial charge is 0.339 e. The Bertz CT molecular complexity index is 387. The van der Waals surface area contributed by atoms with Gasteiger partial charge in [-0.25, -0.2) is 14.8 Å². The summed E-state index contributed by atoms with van der Waals surface area (Å²) >= 11 is 0. The van der Waals surface area contributed by atoms with Gasteiger partial charge in [0.05, 0.1) is 11.3 Å². The Balaban J connectivity index is 2.97. The zero-order valence-corrected chi connectivity index (χ0v) is 10.4. The molecule has 1 rings (SSSR count). The van der Waals surface area contributed by atoms with Gasteiger partial charge in [-0.15, -0.1) is 0 Å². The number of aromatic carboxylic acids is 1. The molecule has 0 aliphatic carbocycles. The van der Waals surface area contributed by atoms with Gasteiger partial charge in [0.15, 0.2) is 5.82 Å². The van der Waals surface area contributed by atoms with E-state index in [-0.39, 0.29) is 11.7 Å². The minimum absolute atomic E-state index is 0.139. The van der Waals surface area contributed by atoms with Crippen molar-refractivity contribution in [3.8, 4) is 0 Å². The molecule has 1 aromatic heterocycles. The number of carboxylic acid groups (broad SMARTS) is 1. The van der Waals surface area contributed by atoms with E-state index in [2.05, 4.69) is 16.9 Å². The first-order valence-corrected chi connectivity index (χ1v) is 5.78. The number of rotatable bonds is 6. The van der Waals surface area contributed by atoms with Gasteiger partial charge in [0.25, 0.3) is 0 Å². The molecule has 0 fully saturated rings. The van der Waals surface area contributed by atoms with Crippen LogP contribution in [0.2, 0.25) is 0 Å². The van der Waals surface area contributed by atoms with Crippen LogP contribution in [0.25, 0.3) is 0 Å². The highest BCUT2D eigenvalue weighted by molar-refractivity contribution is 5.88. The molecule has 5 heteroatoms. The molecule has 5 nitrogen and oxygen atoms in total. The maximum Gasteiger partial charge on any atom is 0.339 e. The Kier molecular flexibility index (Phi) is 5.03. The second kappa shape index (κ2) is 6.30. The molecule has 1 aromatic rings. The number of ether oxygens (including phenoxy) is 1. The summed E-state index contributed by atoms with van der Waals surface area (Å²) in [6.45, 7) is 6.24. The third-order valence-corrected chi connectivity index (χ3v) is 2.44. The highest BCUT2D eigenvalue weighted by Crippen LogP contribution is 2.20. The summed E-state index contributed by atoms with van der Waals surface area (Å²) in [6, 6.07) is 0. The molecule has 0 radical (unpaired) electrons. The largest absolute Gasteiger partial charge is 0.478 e. The molecule has 1 unspecified atom stereocenters. The molecular formula is C12H18N2O3. The summed E-state index contributed by atoms with van der Waals surface area (Å²) in [5, 5.41) is 8.89. The molecule has 1 atom stereocenters. The van der Waals surface area contributed by atoms with Crippen molar-refractivity contribution in [3.63, 3.8) is 0 Å². The number of nitrogens with zero attached hydrogens (tertiary/aromatic N) is 2.